The van der Waals surface area contributed by atoms with Crippen molar-refractivity contribution in [1.82, 2.24) is 0 Å². The fourth-order valence-electron chi connectivity index (χ4n) is 1.17. The number of hydrogen-bond donors (Lipinski definition) is 0. The first-order valence-corrected chi connectivity index (χ1v) is 9.96. The largest absolute Gasteiger partial charge is 0.134 e. The second-order valence-electron chi connectivity index (χ2n) is 3.44. The summed E-state index contributed by atoms with van der Waals surface area (Å²) < 4.78 is 0. The lowest BCUT2D eigenvalue weighted by Gasteiger charge is -1.99. The first-order chi connectivity index (χ1) is 8.00. The molecule has 0 aromatic carbocycles. The lowest BCUT2D eigenvalue weighted by atomic mass is 10.4. The average molecular weight is 293 g/mol. The molecule has 0 N–H and O–H groups in total. The molecule has 0 unspecified atom stereocenters. The van der Waals surface area contributed by atoms with E-state index in [1.165, 1.54) is 48.7 Å². The van der Waals surface area contributed by atoms with Crippen molar-refractivity contribution < 1.29 is 0 Å². The van der Waals surface area contributed by atoms with Crippen LogP contribution in [0.15, 0.2) is 21.6 Å². The maximum absolute atomic E-state index is 2.26. The highest BCUT2D eigenvalue weighted by atomic mass is 32.2. The van der Waals surface area contributed by atoms with Crippen molar-refractivity contribution in [2.75, 3.05) is 23.0 Å². The summed E-state index contributed by atoms with van der Waals surface area (Å²) in [6, 6.07) is 0. The molecule has 4 heteroatoms. The molecule has 0 bridgehead atoms. The summed E-state index contributed by atoms with van der Waals surface area (Å²) in [7, 11) is 0. The average Bonchev–Trinajstić information content (AvgIpc) is 2.29. The minimum Gasteiger partial charge on any atom is -0.134 e. The topological polar surface area (TPSA) is 0 Å². The summed E-state index contributed by atoms with van der Waals surface area (Å²) in [6.45, 7) is 0. The second kappa shape index (κ2) is 12.3. The maximum Gasteiger partial charge on any atom is -0.00255 e. The van der Waals surface area contributed by atoms with Crippen LogP contribution in [0.2, 0.25) is 0 Å². The van der Waals surface area contributed by atoms with Gasteiger partial charge < -0.3 is 0 Å². The van der Waals surface area contributed by atoms with Crippen molar-refractivity contribution in [3.05, 3.63) is 21.6 Å². The van der Waals surface area contributed by atoms with Gasteiger partial charge in [-0.2, -0.15) is 0 Å². The lowest BCUT2D eigenvalue weighted by Crippen LogP contribution is -1.83. The van der Waals surface area contributed by atoms with Crippen LogP contribution < -0.4 is 0 Å². The van der Waals surface area contributed by atoms with E-state index >= 15 is 0 Å². The third kappa shape index (κ3) is 10.1. The van der Waals surface area contributed by atoms with Crippen LogP contribution in [0.1, 0.15) is 25.7 Å². The summed E-state index contributed by atoms with van der Waals surface area (Å²) in [6.07, 6.45) is 5.36. The highest BCUT2D eigenvalue weighted by Gasteiger charge is 1.91. The van der Waals surface area contributed by atoms with Crippen molar-refractivity contribution in [3.63, 3.8) is 0 Å². The summed E-state index contributed by atoms with van der Waals surface area (Å²) in [5.41, 5.74) is 0. The van der Waals surface area contributed by atoms with Gasteiger partial charge in [-0.1, -0.05) is 0 Å². The van der Waals surface area contributed by atoms with Gasteiger partial charge in [0.15, 0.2) is 0 Å². The van der Waals surface area contributed by atoms with Gasteiger partial charge in [0.1, 0.15) is 0 Å². The Bertz CT molecular complexity index is 159. The van der Waals surface area contributed by atoms with E-state index in [9.17, 15) is 0 Å². The number of rotatable bonds is 0. The minimum atomic E-state index is 1.27. The van der Waals surface area contributed by atoms with Crippen molar-refractivity contribution in [2.24, 2.45) is 0 Å². The third-order valence-electron chi connectivity index (χ3n) is 2.04. The molecule has 0 fully saturated rings. The lowest BCUT2D eigenvalue weighted by molar-refractivity contribution is 0.909. The zero-order chi connectivity index (χ0) is 11.3. The molecule has 0 amide bonds. The van der Waals surface area contributed by atoms with E-state index in [1.807, 2.05) is 47.0 Å². The van der Waals surface area contributed by atoms with Crippen LogP contribution >= 0.6 is 47.0 Å². The standard InChI is InChI=1S/C12H20S4/c1-2-6-14-11-12-16-8-4-3-7-15-10-9-13-5-1/h9-12H,1-8H2/b10-9+,12-11+. The molecular weight excluding hydrogens is 272 g/mol. The summed E-state index contributed by atoms with van der Waals surface area (Å²) in [5.74, 6) is 5.10. The molecule has 1 rings (SSSR count). The predicted octanol–water partition coefficient (Wildman–Crippen LogP) is 5.44. The molecule has 1 heterocycles. The SMILES string of the molecule is C1=C/SCCCCS/C=C/SCCCCS/1. The third-order valence-corrected chi connectivity index (χ3v) is 5.80. The Morgan fingerprint density at radius 1 is 0.438 bits per heavy atom. The molecule has 0 aromatic heterocycles. The molecule has 1 aliphatic rings. The van der Waals surface area contributed by atoms with Gasteiger partial charge in [0.25, 0.3) is 0 Å². The van der Waals surface area contributed by atoms with Crippen molar-refractivity contribution in [1.29, 1.82) is 0 Å². The van der Waals surface area contributed by atoms with E-state index in [4.69, 9.17) is 0 Å². The van der Waals surface area contributed by atoms with E-state index < -0.39 is 0 Å². The molecule has 16 heavy (non-hydrogen) atoms. The van der Waals surface area contributed by atoms with Gasteiger partial charge in [-0.3, -0.25) is 0 Å². The molecule has 0 spiro atoms. The zero-order valence-corrected chi connectivity index (χ0v) is 12.9. The number of thioether (sulfide) groups is 4. The van der Waals surface area contributed by atoms with Crippen LogP contribution in [0.4, 0.5) is 0 Å². The minimum absolute atomic E-state index is 1.27. The highest BCUT2D eigenvalue weighted by molar-refractivity contribution is 8.06. The molecule has 1 aliphatic heterocycles. The van der Waals surface area contributed by atoms with Crippen LogP contribution in [-0.2, 0) is 0 Å². The van der Waals surface area contributed by atoms with Crippen molar-refractivity contribution >= 4 is 47.0 Å². The van der Waals surface area contributed by atoms with E-state index in [0.717, 1.165) is 0 Å². The Labute approximate surface area is 117 Å². The van der Waals surface area contributed by atoms with Crippen molar-refractivity contribution in [2.45, 2.75) is 25.7 Å². The molecule has 0 atom stereocenters. The van der Waals surface area contributed by atoms with E-state index in [-0.39, 0.29) is 0 Å². The van der Waals surface area contributed by atoms with Gasteiger partial charge >= 0.3 is 0 Å². The van der Waals surface area contributed by atoms with Crippen molar-refractivity contribution in [3.8, 4) is 0 Å². The highest BCUT2D eigenvalue weighted by Crippen LogP contribution is 2.17. The molecule has 0 saturated carbocycles. The molecular formula is C12H20S4. The Hall–Kier alpha value is 0.880. The van der Waals surface area contributed by atoms with E-state index in [2.05, 4.69) is 21.6 Å². The van der Waals surface area contributed by atoms with Crippen LogP contribution in [0.25, 0.3) is 0 Å². The zero-order valence-electron chi connectivity index (χ0n) is 9.60. The van der Waals surface area contributed by atoms with E-state index in [1.54, 1.807) is 0 Å². The second-order valence-corrected chi connectivity index (χ2v) is 7.50. The monoisotopic (exact) mass is 292 g/mol. The van der Waals surface area contributed by atoms with Crippen LogP contribution in [-0.4, -0.2) is 23.0 Å². The predicted molar refractivity (Wildman–Crippen MR) is 86.6 cm³/mol. The fraction of sp³-hybridized carbons (Fsp3) is 0.667. The molecule has 0 aromatic rings. The summed E-state index contributed by atoms with van der Waals surface area (Å²) in [5, 5.41) is 9.05. The van der Waals surface area contributed by atoms with Crippen LogP contribution in [0, 0.1) is 0 Å². The van der Waals surface area contributed by atoms with Gasteiger partial charge in [0.2, 0.25) is 0 Å². The van der Waals surface area contributed by atoms with E-state index in [0.29, 0.717) is 0 Å². The Morgan fingerprint density at radius 3 is 0.938 bits per heavy atom. The molecule has 0 aliphatic carbocycles. The Morgan fingerprint density at radius 2 is 0.688 bits per heavy atom. The molecule has 92 valence electrons. The van der Waals surface area contributed by atoms with Gasteiger partial charge in [-0.05, 0) is 70.3 Å². The normalized spacial score (nSPS) is 26.0. The summed E-state index contributed by atoms with van der Waals surface area (Å²) in [4.78, 5) is 0. The molecule has 0 nitrogen and oxygen atoms in total. The Balaban J connectivity index is 2.13. The van der Waals surface area contributed by atoms with Gasteiger partial charge in [0.05, 0.1) is 0 Å². The van der Waals surface area contributed by atoms with Gasteiger partial charge in [-0.25, -0.2) is 0 Å². The maximum atomic E-state index is 2.26. The summed E-state index contributed by atoms with van der Waals surface area (Å²) >= 11 is 7.83. The van der Waals surface area contributed by atoms with Crippen LogP contribution in [0.5, 0.6) is 0 Å². The quantitative estimate of drug-likeness (QED) is 0.583. The Kier molecular flexibility index (Phi) is 11.5. The van der Waals surface area contributed by atoms with Gasteiger partial charge in [-0.15, -0.1) is 47.0 Å². The molecule has 0 radical (unpaired) electrons. The fourth-order valence-corrected chi connectivity index (χ4v) is 4.46. The molecule has 0 saturated heterocycles. The first kappa shape index (κ1) is 14.9. The van der Waals surface area contributed by atoms with Crippen LogP contribution in [0.3, 0.4) is 0 Å². The first-order valence-electron chi connectivity index (χ1n) is 5.76. The number of hydrogen-bond acceptors (Lipinski definition) is 4. The van der Waals surface area contributed by atoms with Gasteiger partial charge in [0, 0.05) is 0 Å². The smallest absolute Gasteiger partial charge is 0.00255 e.